The largest absolute Gasteiger partial charge is 0.378 e. The van der Waals surface area contributed by atoms with Crippen LogP contribution >= 0.6 is 0 Å². The number of ether oxygens (including phenoxy) is 1. The summed E-state index contributed by atoms with van der Waals surface area (Å²) in [6.07, 6.45) is 4.93. The maximum absolute atomic E-state index is 5.14. The average molecular weight is 140 g/mol. The van der Waals surface area contributed by atoms with Gasteiger partial charge in [0.1, 0.15) is 0 Å². The molecule has 2 nitrogen and oxygen atoms in total. The molecule has 0 amide bonds. The summed E-state index contributed by atoms with van der Waals surface area (Å²) in [5.74, 6) is 0. The molecule has 0 spiro atoms. The Bertz CT molecular complexity index is 106. The van der Waals surface area contributed by atoms with E-state index in [1.807, 2.05) is 0 Å². The van der Waals surface area contributed by atoms with Crippen LogP contribution in [0.5, 0.6) is 0 Å². The number of hydrogen-bond acceptors (Lipinski definition) is 2. The number of likely N-dealkylation sites (tertiary alicyclic amines) is 1. The summed E-state index contributed by atoms with van der Waals surface area (Å²) in [4.78, 5) is 2.55. The van der Waals surface area contributed by atoms with Gasteiger partial charge in [0.2, 0.25) is 0 Å². The Hall–Kier alpha value is -0.0800. The molecule has 2 heteroatoms. The third-order valence-corrected chi connectivity index (χ3v) is 2.38. The van der Waals surface area contributed by atoms with E-state index >= 15 is 0 Å². The topological polar surface area (TPSA) is 12.5 Å². The number of hydrogen-bond donors (Lipinski definition) is 0. The van der Waals surface area contributed by atoms with Gasteiger partial charge in [-0.25, -0.2) is 0 Å². The van der Waals surface area contributed by atoms with Gasteiger partial charge in [-0.1, -0.05) is 0 Å². The Balaban J connectivity index is 1.78. The highest BCUT2D eigenvalue weighted by atomic mass is 16.5. The fourth-order valence-corrected chi connectivity index (χ4v) is 1.57. The quantitative estimate of drug-likeness (QED) is 0.531. The third-order valence-electron chi connectivity index (χ3n) is 2.38. The van der Waals surface area contributed by atoms with Crippen LogP contribution in [0.3, 0.4) is 0 Å². The van der Waals surface area contributed by atoms with Gasteiger partial charge >= 0.3 is 0 Å². The molecule has 1 radical (unpaired) electrons. The fourth-order valence-electron chi connectivity index (χ4n) is 1.57. The molecule has 0 atom stereocenters. The molecule has 2 rings (SSSR count). The minimum Gasteiger partial charge on any atom is -0.378 e. The van der Waals surface area contributed by atoms with Crippen LogP contribution in [0.25, 0.3) is 0 Å². The van der Waals surface area contributed by atoms with E-state index in [1.54, 1.807) is 0 Å². The van der Waals surface area contributed by atoms with E-state index in [0.29, 0.717) is 0 Å². The summed E-state index contributed by atoms with van der Waals surface area (Å²) >= 11 is 0. The maximum atomic E-state index is 5.14. The molecule has 10 heavy (non-hydrogen) atoms. The van der Waals surface area contributed by atoms with Crippen molar-refractivity contribution in [3.8, 4) is 0 Å². The van der Waals surface area contributed by atoms with E-state index in [0.717, 1.165) is 19.3 Å². The Morgan fingerprint density at radius 2 is 1.90 bits per heavy atom. The fraction of sp³-hybridized carbons (Fsp3) is 0.875. The zero-order chi connectivity index (χ0) is 6.81. The average Bonchev–Trinajstić information content (AvgIpc) is 1.86. The van der Waals surface area contributed by atoms with Crippen molar-refractivity contribution in [2.24, 2.45) is 0 Å². The second-order valence-electron chi connectivity index (χ2n) is 3.09. The van der Waals surface area contributed by atoms with Gasteiger partial charge in [-0.15, -0.1) is 0 Å². The minimum absolute atomic E-state index is 0.758. The molecule has 0 aliphatic carbocycles. The van der Waals surface area contributed by atoms with Crippen LogP contribution in [0.2, 0.25) is 0 Å². The van der Waals surface area contributed by atoms with Gasteiger partial charge in [0.25, 0.3) is 0 Å². The molecule has 57 valence electrons. The van der Waals surface area contributed by atoms with Crippen LogP contribution < -0.4 is 0 Å². The highest BCUT2D eigenvalue weighted by Crippen LogP contribution is 2.16. The molecule has 2 aliphatic heterocycles. The van der Waals surface area contributed by atoms with Crippen molar-refractivity contribution in [2.75, 3.05) is 26.3 Å². The van der Waals surface area contributed by atoms with Gasteiger partial charge in [-0.05, 0) is 32.4 Å². The molecule has 0 N–H and O–H groups in total. The zero-order valence-corrected chi connectivity index (χ0v) is 6.25. The van der Waals surface area contributed by atoms with E-state index in [-0.39, 0.29) is 0 Å². The van der Waals surface area contributed by atoms with Crippen LogP contribution in [-0.2, 0) is 4.74 Å². The molecule has 0 bridgehead atoms. The van der Waals surface area contributed by atoms with Crippen molar-refractivity contribution in [1.29, 1.82) is 0 Å². The Labute approximate surface area is 62.2 Å². The van der Waals surface area contributed by atoms with Gasteiger partial charge < -0.3 is 4.74 Å². The van der Waals surface area contributed by atoms with Crippen molar-refractivity contribution < 1.29 is 4.74 Å². The minimum atomic E-state index is 0.758. The van der Waals surface area contributed by atoms with Crippen molar-refractivity contribution in [1.82, 2.24) is 4.90 Å². The molecule has 2 saturated heterocycles. The monoisotopic (exact) mass is 140 g/mol. The zero-order valence-electron chi connectivity index (χ0n) is 6.25. The molecule has 0 aromatic rings. The first-order valence-corrected chi connectivity index (χ1v) is 4.10. The number of nitrogens with zero attached hydrogens (tertiary/aromatic N) is 1. The first-order chi connectivity index (χ1) is 4.97. The molecule has 0 aromatic heterocycles. The molecular weight excluding hydrogens is 126 g/mol. The lowest BCUT2D eigenvalue weighted by molar-refractivity contribution is -0.0672. The molecule has 0 aromatic carbocycles. The standard InChI is InChI=1S/C8H14NO/c1-2-4-9(5-3-1)8-6-10-7-8/h1,8H,2-7H2. The van der Waals surface area contributed by atoms with E-state index in [9.17, 15) is 0 Å². The molecule has 2 heterocycles. The highest BCUT2D eigenvalue weighted by molar-refractivity contribution is 4.84. The SMILES string of the molecule is [CH]1CCN(C2COC2)CC1. The normalized spacial score (nSPS) is 30.0. The first-order valence-electron chi connectivity index (χ1n) is 4.10. The lowest BCUT2D eigenvalue weighted by Gasteiger charge is -2.39. The van der Waals surface area contributed by atoms with Crippen molar-refractivity contribution in [3.63, 3.8) is 0 Å². The lowest BCUT2D eigenvalue weighted by Crippen LogP contribution is -2.50. The second-order valence-corrected chi connectivity index (χ2v) is 3.09. The van der Waals surface area contributed by atoms with Crippen LogP contribution in [0.1, 0.15) is 12.8 Å². The predicted octanol–water partition coefficient (Wildman–Crippen LogP) is 0.685. The van der Waals surface area contributed by atoms with Gasteiger partial charge in [0.05, 0.1) is 19.3 Å². The van der Waals surface area contributed by atoms with Gasteiger partial charge in [-0.3, -0.25) is 4.90 Å². The van der Waals surface area contributed by atoms with Crippen LogP contribution in [0, 0.1) is 6.42 Å². The van der Waals surface area contributed by atoms with E-state index in [2.05, 4.69) is 11.3 Å². The second kappa shape index (κ2) is 2.89. The summed E-state index contributed by atoms with van der Waals surface area (Å²) in [5.41, 5.74) is 0. The van der Waals surface area contributed by atoms with Crippen molar-refractivity contribution in [3.05, 3.63) is 6.42 Å². The smallest absolute Gasteiger partial charge is 0.0645 e. The first kappa shape index (κ1) is 6.62. The molecular formula is C8H14NO. The summed E-state index contributed by atoms with van der Waals surface area (Å²) in [6.45, 7) is 4.46. The molecule has 2 fully saturated rings. The van der Waals surface area contributed by atoms with Crippen molar-refractivity contribution >= 4 is 0 Å². The summed E-state index contributed by atoms with van der Waals surface area (Å²) in [7, 11) is 0. The lowest BCUT2D eigenvalue weighted by atomic mass is 10.1. The van der Waals surface area contributed by atoms with Gasteiger partial charge in [0, 0.05) is 0 Å². The number of rotatable bonds is 1. The Morgan fingerprint density at radius 3 is 2.40 bits per heavy atom. The van der Waals surface area contributed by atoms with E-state index < -0.39 is 0 Å². The van der Waals surface area contributed by atoms with Crippen LogP contribution in [0.4, 0.5) is 0 Å². The van der Waals surface area contributed by atoms with Crippen molar-refractivity contribution in [2.45, 2.75) is 18.9 Å². The molecule has 0 unspecified atom stereocenters. The Morgan fingerprint density at radius 1 is 1.20 bits per heavy atom. The maximum Gasteiger partial charge on any atom is 0.0645 e. The van der Waals surface area contributed by atoms with Gasteiger partial charge in [0.15, 0.2) is 0 Å². The van der Waals surface area contributed by atoms with E-state index in [4.69, 9.17) is 4.74 Å². The summed E-state index contributed by atoms with van der Waals surface area (Å²) in [5, 5.41) is 0. The number of piperidine rings is 1. The van der Waals surface area contributed by atoms with Gasteiger partial charge in [-0.2, -0.15) is 0 Å². The molecule has 2 aliphatic rings. The predicted molar refractivity (Wildman–Crippen MR) is 39.7 cm³/mol. The Kier molecular flexibility index (Phi) is 1.91. The third kappa shape index (κ3) is 1.18. The van der Waals surface area contributed by atoms with Crippen LogP contribution in [0.15, 0.2) is 0 Å². The van der Waals surface area contributed by atoms with Crippen LogP contribution in [-0.4, -0.2) is 37.2 Å². The van der Waals surface area contributed by atoms with E-state index in [1.165, 1.54) is 25.9 Å². The highest BCUT2D eigenvalue weighted by Gasteiger charge is 2.26. The summed E-state index contributed by atoms with van der Waals surface area (Å²) < 4.78 is 5.14. The summed E-state index contributed by atoms with van der Waals surface area (Å²) in [6, 6.07) is 0.758. The molecule has 0 saturated carbocycles.